The molecule has 4 nitrogen and oxygen atoms in total. The first-order chi connectivity index (χ1) is 13.2. The molecule has 0 amide bonds. The van der Waals surface area contributed by atoms with Crippen molar-refractivity contribution in [1.29, 1.82) is 0 Å². The van der Waals surface area contributed by atoms with E-state index in [9.17, 15) is 0 Å². The summed E-state index contributed by atoms with van der Waals surface area (Å²) in [6.45, 7) is 7.15. The minimum Gasteiger partial charge on any atom is -0.489 e. The molecular formula is C21H26BrClN2O2. The lowest BCUT2D eigenvalue weighted by atomic mass is 10.2. The van der Waals surface area contributed by atoms with Crippen LogP contribution in [0.3, 0.4) is 0 Å². The third-order valence-corrected chi connectivity index (χ3v) is 5.47. The Morgan fingerprint density at radius 2 is 1.93 bits per heavy atom. The monoisotopic (exact) mass is 452 g/mol. The number of morpholine rings is 1. The maximum absolute atomic E-state index is 6.23. The highest BCUT2D eigenvalue weighted by Crippen LogP contribution is 2.25. The third kappa shape index (κ3) is 6.77. The number of hydrogen-bond donors (Lipinski definition) is 1. The summed E-state index contributed by atoms with van der Waals surface area (Å²) in [5.74, 6) is 0.888. The molecule has 146 valence electrons. The van der Waals surface area contributed by atoms with Crippen LogP contribution in [-0.2, 0) is 17.9 Å². The summed E-state index contributed by atoms with van der Waals surface area (Å²) in [6, 6.07) is 13.9. The normalized spacial score (nSPS) is 15.0. The van der Waals surface area contributed by atoms with Crippen molar-refractivity contribution >= 4 is 27.5 Å². The lowest BCUT2D eigenvalue weighted by Crippen LogP contribution is -2.37. The molecule has 1 N–H and O–H groups in total. The van der Waals surface area contributed by atoms with E-state index in [1.165, 1.54) is 0 Å². The highest BCUT2D eigenvalue weighted by atomic mass is 79.9. The number of benzene rings is 2. The summed E-state index contributed by atoms with van der Waals surface area (Å²) in [7, 11) is 0. The lowest BCUT2D eigenvalue weighted by Gasteiger charge is -2.26. The van der Waals surface area contributed by atoms with Gasteiger partial charge in [0.05, 0.1) is 13.2 Å². The number of nitrogens with one attached hydrogen (secondary N) is 1. The van der Waals surface area contributed by atoms with Crippen LogP contribution >= 0.6 is 27.5 Å². The largest absolute Gasteiger partial charge is 0.489 e. The number of hydrogen-bond acceptors (Lipinski definition) is 4. The van der Waals surface area contributed by atoms with E-state index in [1.807, 2.05) is 36.4 Å². The van der Waals surface area contributed by atoms with Crippen molar-refractivity contribution in [1.82, 2.24) is 10.2 Å². The Bertz CT molecular complexity index is 723. The van der Waals surface area contributed by atoms with Gasteiger partial charge in [-0.1, -0.05) is 45.7 Å². The van der Waals surface area contributed by atoms with Gasteiger partial charge in [0.2, 0.25) is 0 Å². The topological polar surface area (TPSA) is 33.7 Å². The van der Waals surface area contributed by atoms with Gasteiger partial charge in [-0.15, -0.1) is 0 Å². The molecule has 3 rings (SSSR count). The Hall–Kier alpha value is -1.11. The molecule has 1 saturated heterocycles. The second-order valence-electron chi connectivity index (χ2n) is 6.62. The quantitative estimate of drug-likeness (QED) is 0.567. The zero-order chi connectivity index (χ0) is 18.9. The average Bonchev–Trinajstić information content (AvgIpc) is 2.69. The van der Waals surface area contributed by atoms with Crippen molar-refractivity contribution in [2.24, 2.45) is 0 Å². The molecule has 0 aromatic heterocycles. The summed E-state index contributed by atoms with van der Waals surface area (Å²) in [4.78, 5) is 2.46. The number of rotatable bonds is 9. The predicted octanol–water partition coefficient (Wildman–Crippen LogP) is 4.49. The van der Waals surface area contributed by atoms with E-state index in [2.05, 4.69) is 32.2 Å². The van der Waals surface area contributed by atoms with Gasteiger partial charge < -0.3 is 14.8 Å². The van der Waals surface area contributed by atoms with Gasteiger partial charge in [-0.3, -0.25) is 4.90 Å². The minimum absolute atomic E-state index is 0.464. The van der Waals surface area contributed by atoms with Crippen molar-refractivity contribution in [2.45, 2.75) is 19.6 Å². The van der Waals surface area contributed by atoms with Gasteiger partial charge in [0.15, 0.2) is 0 Å². The van der Waals surface area contributed by atoms with Crippen LogP contribution in [0.2, 0.25) is 5.02 Å². The molecule has 1 fully saturated rings. The molecule has 1 aliphatic heterocycles. The highest BCUT2D eigenvalue weighted by Gasteiger charge is 2.10. The Morgan fingerprint density at radius 3 is 2.74 bits per heavy atom. The fraction of sp³-hybridized carbons (Fsp3) is 0.429. The second-order valence-corrected chi connectivity index (χ2v) is 7.94. The van der Waals surface area contributed by atoms with Crippen molar-refractivity contribution in [2.75, 3.05) is 39.4 Å². The zero-order valence-corrected chi connectivity index (χ0v) is 17.8. The number of halogens is 2. The fourth-order valence-corrected chi connectivity index (χ4v) is 3.67. The van der Waals surface area contributed by atoms with E-state index in [0.29, 0.717) is 6.61 Å². The Kier molecular flexibility index (Phi) is 8.42. The first-order valence-electron chi connectivity index (χ1n) is 9.38. The predicted molar refractivity (Wildman–Crippen MR) is 114 cm³/mol. The van der Waals surface area contributed by atoms with Crippen LogP contribution in [0.1, 0.15) is 17.5 Å². The molecule has 0 atom stereocenters. The Morgan fingerprint density at radius 1 is 1.11 bits per heavy atom. The summed E-state index contributed by atoms with van der Waals surface area (Å²) in [6.07, 6.45) is 1.13. The van der Waals surface area contributed by atoms with Crippen LogP contribution in [0.4, 0.5) is 0 Å². The smallest absolute Gasteiger partial charge is 0.124 e. The van der Waals surface area contributed by atoms with Crippen LogP contribution in [0.25, 0.3) is 0 Å². The van der Waals surface area contributed by atoms with Gasteiger partial charge in [-0.25, -0.2) is 0 Å². The molecule has 0 saturated carbocycles. The molecule has 6 heteroatoms. The summed E-state index contributed by atoms with van der Waals surface area (Å²) in [5.41, 5.74) is 2.13. The van der Waals surface area contributed by atoms with E-state index in [0.717, 1.165) is 78.7 Å². The van der Waals surface area contributed by atoms with Crippen LogP contribution in [0.15, 0.2) is 46.9 Å². The van der Waals surface area contributed by atoms with Gasteiger partial charge in [-0.2, -0.15) is 0 Å². The van der Waals surface area contributed by atoms with E-state index < -0.39 is 0 Å². The van der Waals surface area contributed by atoms with Crippen molar-refractivity contribution in [3.05, 3.63) is 63.1 Å². The second kappa shape index (κ2) is 11.0. The van der Waals surface area contributed by atoms with E-state index >= 15 is 0 Å². The standard InChI is InChI=1S/C21H26BrClN2O2/c22-19-6-7-21(27-16-17-4-1-2-5-20(17)23)18(14-19)15-24-8-3-9-25-10-12-26-13-11-25/h1-2,4-7,14,24H,3,8-13,15-16H2. The van der Waals surface area contributed by atoms with E-state index in [4.69, 9.17) is 21.1 Å². The molecular weight excluding hydrogens is 428 g/mol. The number of nitrogens with zero attached hydrogens (tertiary/aromatic N) is 1. The Balaban J connectivity index is 1.47. The molecule has 2 aromatic rings. The first kappa shape index (κ1) is 20.6. The Labute approximate surface area is 174 Å². The van der Waals surface area contributed by atoms with Crippen LogP contribution in [0, 0.1) is 0 Å². The molecule has 0 unspecified atom stereocenters. The van der Waals surface area contributed by atoms with E-state index in [-0.39, 0.29) is 0 Å². The molecule has 0 spiro atoms. The van der Waals surface area contributed by atoms with Crippen LogP contribution in [-0.4, -0.2) is 44.3 Å². The van der Waals surface area contributed by atoms with Crippen LogP contribution in [0.5, 0.6) is 5.75 Å². The SMILES string of the molecule is Clc1ccccc1COc1ccc(Br)cc1CNCCCN1CCOCC1. The molecule has 0 aliphatic carbocycles. The van der Waals surface area contributed by atoms with Gasteiger partial charge in [0.1, 0.15) is 12.4 Å². The first-order valence-corrected chi connectivity index (χ1v) is 10.5. The molecule has 0 bridgehead atoms. The molecule has 2 aromatic carbocycles. The van der Waals surface area contributed by atoms with Crippen molar-refractivity contribution < 1.29 is 9.47 Å². The van der Waals surface area contributed by atoms with Gasteiger partial charge in [-0.05, 0) is 43.8 Å². The molecule has 1 aliphatic rings. The van der Waals surface area contributed by atoms with Crippen molar-refractivity contribution in [3.8, 4) is 5.75 Å². The summed E-state index contributed by atoms with van der Waals surface area (Å²) < 4.78 is 12.5. The zero-order valence-electron chi connectivity index (χ0n) is 15.4. The summed E-state index contributed by atoms with van der Waals surface area (Å²) >= 11 is 9.78. The number of ether oxygens (including phenoxy) is 2. The fourth-order valence-electron chi connectivity index (χ4n) is 3.07. The minimum atomic E-state index is 0.464. The van der Waals surface area contributed by atoms with E-state index in [1.54, 1.807) is 0 Å². The molecule has 27 heavy (non-hydrogen) atoms. The highest BCUT2D eigenvalue weighted by molar-refractivity contribution is 9.10. The van der Waals surface area contributed by atoms with Gasteiger partial charge in [0, 0.05) is 40.3 Å². The maximum atomic E-state index is 6.23. The third-order valence-electron chi connectivity index (χ3n) is 4.61. The summed E-state index contributed by atoms with van der Waals surface area (Å²) in [5, 5.41) is 4.27. The lowest BCUT2D eigenvalue weighted by molar-refractivity contribution is 0.0374. The van der Waals surface area contributed by atoms with Crippen LogP contribution < -0.4 is 10.1 Å². The average molecular weight is 454 g/mol. The molecule has 1 heterocycles. The van der Waals surface area contributed by atoms with Crippen molar-refractivity contribution in [3.63, 3.8) is 0 Å². The van der Waals surface area contributed by atoms with Gasteiger partial charge >= 0.3 is 0 Å². The maximum Gasteiger partial charge on any atom is 0.124 e. The van der Waals surface area contributed by atoms with Gasteiger partial charge in [0.25, 0.3) is 0 Å². The molecule has 0 radical (unpaired) electrons.